The molecule has 4 heteroatoms. The second-order valence-electron chi connectivity index (χ2n) is 4.25. The van der Waals surface area contributed by atoms with Crippen LogP contribution in [0, 0.1) is 6.92 Å². The van der Waals surface area contributed by atoms with Gasteiger partial charge in [0.1, 0.15) is 0 Å². The summed E-state index contributed by atoms with van der Waals surface area (Å²) in [5.41, 5.74) is 6.01. The summed E-state index contributed by atoms with van der Waals surface area (Å²) in [5.74, 6) is 5.64. The molecule has 0 fully saturated rings. The molecule has 0 amide bonds. The van der Waals surface area contributed by atoms with Crippen molar-refractivity contribution in [2.24, 2.45) is 5.84 Å². The number of nitrogens with zero attached hydrogens (tertiary/aromatic N) is 1. The monoisotopic (exact) mass is 261 g/mol. The fourth-order valence-corrected chi connectivity index (χ4v) is 2.15. The van der Waals surface area contributed by atoms with Gasteiger partial charge in [-0.1, -0.05) is 29.8 Å². The van der Waals surface area contributed by atoms with E-state index in [2.05, 4.69) is 10.4 Å². The number of halogens is 1. The average Bonchev–Trinajstić information content (AvgIpc) is 2.38. The Morgan fingerprint density at radius 2 is 2.11 bits per heavy atom. The molecule has 0 aliphatic heterocycles. The van der Waals surface area contributed by atoms with Crippen molar-refractivity contribution in [3.63, 3.8) is 0 Å². The number of nitrogens with two attached hydrogens (primary N) is 1. The lowest BCUT2D eigenvalue weighted by molar-refractivity contribution is 0.551. The Bertz CT molecular complexity index is 528. The number of benzene rings is 1. The summed E-state index contributed by atoms with van der Waals surface area (Å²) in [6, 6.07) is 11.8. The predicted molar refractivity (Wildman–Crippen MR) is 74.2 cm³/mol. The van der Waals surface area contributed by atoms with Crippen LogP contribution in [0.25, 0.3) is 0 Å². The highest BCUT2D eigenvalue weighted by Crippen LogP contribution is 2.23. The molecule has 1 aromatic heterocycles. The molecule has 1 atom stereocenters. The van der Waals surface area contributed by atoms with Crippen LogP contribution in [0.1, 0.15) is 22.9 Å². The predicted octanol–water partition coefficient (Wildman–Crippen LogP) is 2.79. The highest BCUT2D eigenvalue weighted by atomic mass is 35.5. The summed E-state index contributed by atoms with van der Waals surface area (Å²) in [6.45, 7) is 1.96. The average molecular weight is 262 g/mol. The summed E-state index contributed by atoms with van der Waals surface area (Å²) in [6.07, 6.45) is 2.54. The molecule has 2 aromatic rings. The third kappa shape index (κ3) is 3.07. The van der Waals surface area contributed by atoms with Crippen molar-refractivity contribution in [3.05, 3.63) is 64.4 Å². The van der Waals surface area contributed by atoms with Gasteiger partial charge in [0.15, 0.2) is 0 Å². The van der Waals surface area contributed by atoms with E-state index in [9.17, 15) is 0 Å². The van der Waals surface area contributed by atoms with Gasteiger partial charge < -0.3 is 0 Å². The lowest BCUT2D eigenvalue weighted by atomic mass is 10.00. The van der Waals surface area contributed by atoms with E-state index >= 15 is 0 Å². The molecule has 94 valence electrons. The first-order valence-corrected chi connectivity index (χ1v) is 6.20. The van der Waals surface area contributed by atoms with Crippen molar-refractivity contribution in [3.8, 4) is 0 Å². The molecule has 1 unspecified atom stereocenters. The van der Waals surface area contributed by atoms with Crippen molar-refractivity contribution in [1.29, 1.82) is 0 Å². The molecule has 0 saturated carbocycles. The third-order valence-corrected chi connectivity index (χ3v) is 3.27. The second kappa shape index (κ2) is 5.96. The molecule has 1 aromatic carbocycles. The number of hydrazine groups is 1. The van der Waals surface area contributed by atoms with Crippen molar-refractivity contribution in [1.82, 2.24) is 10.4 Å². The number of nitrogens with one attached hydrogen (secondary N) is 1. The van der Waals surface area contributed by atoms with Gasteiger partial charge in [-0.05, 0) is 42.7 Å². The van der Waals surface area contributed by atoms with E-state index < -0.39 is 0 Å². The van der Waals surface area contributed by atoms with Gasteiger partial charge in [0.2, 0.25) is 0 Å². The van der Waals surface area contributed by atoms with Gasteiger partial charge in [-0.15, -0.1) is 0 Å². The molecule has 0 spiro atoms. The molecule has 0 radical (unpaired) electrons. The van der Waals surface area contributed by atoms with Crippen LogP contribution in [-0.4, -0.2) is 4.98 Å². The third-order valence-electron chi connectivity index (χ3n) is 2.91. The minimum absolute atomic E-state index is 0.0339. The fraction of sp³-hybridized carbons (Fsp3) is 0.214. The summed E-state index contributed by atoms with van der Waals surface area (Å²) < 4.78 is 0. The van der Waals surface area contributed by atoms with Gasteiger partial charge in [0.25, 0.3) is 0 Å². The van der Waals surface area contributed by atoms with Crippen molar-refractivity contribution in [2.75, 3.05) is 0 Å². The number of hydrogen-bond acceptors (Lipinski definition) is 3. The number of aromatic nitrogens is 1. The van der Waals surface area contributed by atoms with Crippen LogP contribution in [0.5, 0.6) is 0 Å². The lowest BCUT2D eigenvalue weighted by Gasteiger charge is -2.17. The summed E-state index contributed by atoms with van der Waals surface area (Å²) >= 11 is 6.16. The van der Waals surface area contributed by atoms with E-state index in [0.29, 0.717) is 0 Å². The van der Waals surface area contributed by atoms with Gasteiger partial charge in [0, 0.05) is 16.9 Å². The maximum Gasteiger partial charge on any atom is 0.0502 e. The van der Waals surface area contributed by atoms with E-state index in [-0.39, 0.29) is 6.04 Å². The zero-order valence-corrected chi connectivity index (χ0v) is 11.0. The van der Waals surface area contributed by atoms with E-state index in [4.69, 9.17) is 17.4 Å². The van der Waals surface area contributed by atoms with Gasteiger partial charge in [-0.2, -0.15) is 0 Å². The van der Waals surface area contributed by atoms with Gasteiger partial charge in [-0.3, -0.25) is 16.3 Å². The fourth-order valence-electron chi connectivity index (χ4n) is 1.94. The van der Waals surface area contributed by atoms with Crippen LogP contribution < -0.4 is 11.3 Å². The topological polar surface area (TPSA) is 50.9 Å². The molecule has 3 N–H and O–H groups in total. The molecule has 0 aliphatic carbocycles. The summed E-state index contributed by atoms with van der Waals surface area (Å²) in [4.78, 5) is 4.19. The zero-order chi connectivity index (χ0) is 13.0. The molecule has 0 aliphatic rings. The largest absolute Gasteiger partial charge is 0.271 e. The van der Waals surface area contributed by atoms with Gasteiger partial charge in [0.05, 0.1) is 6.04 Å². The van der Waals surface area contributed by atoms with E-state index in [1.807, 2.05) is 43.3 Å². The lowest BCUT2D eigenvalue weighted by Crippen LogP contribution is -2.29. The second-order valence-corrected chi connectivity index (χ2v) is 4.65. The van der Waals surface area contributed by atoms with Crippen LogP contribution in [0.2, 0.25) is 5.02 Å². The van der Waals surface area contributed by atoms with Gasteiger partial charge in [-0.25, -0.2) is 0 Å². The SMILES string of the molecule is Cc1cc(C(Cc2ccccc2Cl)NN)ccn1. The highest BCUT2D eigenvalue weighted by molar-refractivity contribution is 6.31. The Labute approximate surface area is 112 Å². The van der Waals surface area contributed by atoms with Crippen LogP contribution in [0.4, 0.5) is 0 Å². The van der Waals surface area contributed by atoms with E-state index in [0.717, 1.165) is 28.3 Å². The van der Waals surface area contributed by atoms with Crippen LogP contribution >= 0.6 is 11.6 Å². The maximum atomic E-state index is 6.16. The van der Waals surface area contributed by atoms with Gasteiger partial charge >= 0.3 is 0 Å². The maximum absolute atomic E-state index is 6.16. The first-order chi connectivity index (χ1) is 8.70. The first-order valence-electron chi connectivity index (χ1n) is 5.83. The number of hydrogen-bond donors (Lipinski definition) is 2. The Hall–Kier alpha value is -1.42. The molecular formula is C14H16ClN3. The van der Waals surface area contributed by atoms with Crippen LogP contribution in [0.3, 0.4) is 0 Å². The number of pyridine rings is 1. The van der Waals surface area contributed by atoms with Crippen molar-refractivity contribution < 1.29 is 0 Å². The standard InChI is InChI=1S/C14H16ClN3/c1-10-8-12(6-7-17-10)14(18-16)9-11-4-2-3-5-13(11)15/h2-8,14,18H,9,16H2,1H3. The minimum atomic E-state index is 0.0339. The summed E-state index contributed by atoms with van der Waals surface area (Å²) in [5, 5.41) is 0.767. The normalized spacial score (nSPS) is 12.4. The Kier molecular flexibility index (Phi) is 4.31. The Balaban J connectivity index is 2.23. The quantitative estimate of drug-likeness (QED) is 0.657. The molecule has 0 saturated heterocycles. The smallest absolute Gasteiger partial charge is 0.0502 e. The first kappa shape index (κ1) is 13.0. The van der Waals surface area contributed by atoms with E-state index in [1.165, 1.54) is 0 Å². The number of aryl methyl sites for hydroxylation is 1. The molecule has 0 bridgehead atoms. The Morgan fingerprint density at radius 1 is 1.33 bits per heavy atom. The van der Waals surface area contributed by atoms with Crippen LogP contribution in [-0.2, 0) is 6.42 Å². The van der Waals surface area contributed by atoms with Crippen molar-refractivity contribution in [2.45, 2.75) is 19.4 Å². The van der Waals surface area contributed by atoms with E-state index in [1.54, 1.807) is 6.20 Å². The number of rotatable bonds is 4. The molecule has 2 rings (SSSR count). The highest BCUT2D eigenvalue weighted by Gasteiger charge is 2.12. The zero-order valence-electron chi connectivity index (χ0n) is 10.2. The van der Waals surface area contributed by atoms with Crippen molar-refractivity contribution >= 4 is 11.6 Å². The Morgan fingerprint density at radius 3 is 2.78 bits per heavy atom. The molecule has 3 nitrogen and oxygen atoms in total. The molecule has 18 heavy (non-hydrogen) atoms. The minimum Gasteiger partial charge on any atom is -0.271 e. The molecule has 1 heterocycles. The summed E-state index contributed by atoms with van der Waals surface area (Å²) in [7, 11) is 0. The van der Waals surface area contributed by atoms with Crippen LogP contribution in [0.15, 0.2) is 42.6 Å². The molecular weight excluding hydrogens is 246 g/mol.